The van der Waals surface area contributed by atoms with Crippen LogP contribution in [0.25, 0.3) is 0 Å². The van der Waals surface area contributed by atoms with Gasteiger partial charge in [0.15, 0.2) is 0 Å². The fourth-order valence-corrected chi connectivity index (χ4v) is 3.67. The highest BCUT2D eigenvalue weighted by Gasteiger charge is 2.48. The molecule has 1 N–H and O–H groups in total. The van der Waals surface area contributed by atoms with E-state index in [4.69, 9.17) is 5.11 Å². The van der Waals surface area contributed by atoms with Crippen molar-refractivity contribution in [1.29, 1.82) is 0 Å². The molecule has 1 aromatic rings. The first kappa shape index (κ1) is 17.0. The number of anilines is 1. The Labute approximate surface area is 138 Å². The summed E-state index contributed by atoms with van der Waals surface area (Å²) in [5.41, 5.74) is -1.28. The summed E-state index contributed by atoms with van der Waals surface area (Å²) >= 11 is 0. The Morgan fingerprint density at radius 1 is 1.25 bits per heavy atom. The third-order valence-electron chi connectivity index (χ3n) is 4.95. The number of carbonyl (C=O) groups is 1. The molecule has 0 unspecified atom stereocenters. The fraction of sp³-hybridized carbons (Fsp3) is 0.625. The van der Waals surface area contributed by atoms with E-state index in [1.54, 1.807) is 4.90 Å². The van der Waals surface area contributed by atoms with Gasteiger partial charge in [-0.3, -0.25) is 4.79 Å². The number of aliphatic hydroxyl groups excluding tert-OH is 1. The first-order valence-corrected chi connectivity index (χ1v) is 8.04. The summed E-state index contributed by atoms with van der Waals surface area (Å²) < 4.78 is 37.9. The van der Waals surface area contributed by atoms with Crippen LogP contribution in [0.4, 0.5) is 19.0 Å². The van der Waals surface area contributed by atoms with Gasteiger partial charge in [-0.1, -0.05) is 0 Å². The van der Waals surface area contributed by atoms with Gasteiger partial charge in [-0.15, -0.1) is 0 Å². The highest BCUT2D eigenvalue weighted by molar-refractivity contribution is 5.85. The molecule has 0 aliphatic carbocycles. The largest absolute Gasteiger partial charge is 0.417 e. The molecule has 8 heteroatoms. The number of hydrogen-bond acceptors (Lipinski definition) is 4. The van der Waals surface area contributed by atoms with Crippen LogP contribution in [0.1, 0.15) is 24.8 Å². The third kappa shape index (κ3) is 3.07. The molecule has 2 saturated heterocycles. The molecule has 0 bridgehead atoms. The van der Waals surface area contributed by atoms with Crippen molar-refractivity contribution < 1.29 is 23.1 Å². The Kier molecular flexibility index (Phi) is 4.42. The maximum atomic E-state index is 12.7. The standard InChI is InChI=1S/C16H20F3N3O2/c17-16(18,19)12-2-3-13(20-10-12)22-7-5-15(11-22)4-1-6-21(8-9-23)14(15)24/h2-3,10,23H,1,4-9,11H2/t15-/m0/s1. The molecule has 24 heavy (non-hydrogen) atoms. The molecule has 5 nitrogen and oxygen atoms in total. The van der Waals surface area contributed by atoms with Gasteiger partial charge in [-0.05, 0) is 31.4 Å². The highest BCUT2D eigenvalue weighted by Crippen LogP contribution is 2.41. The van der Waals surface area contributed by atoms with Gasteiger partial charge < -0.3 is 14.9 Å². The van der Waals surface area contributed by atoms with Crippen LogP contribution in [0.2, 0.25) is 0 Å². The van der Waals surface area contributed by atoms with Crippen molar-refractivity contribution >= 4 is 11.7 Å². The molecule has 1 amide bonds. The number of amides is 1. The van der Waals surface area contributed by atoms with E-state index >= 15 is 0 Å². The van der Waals surface area contributed by atoms with Gasteiger partial charge in [0.25, 0.3) is 0 Å². The van der Waals surface area contributed by atoms with E-state index in [1.165, 1.54) is 6.07 Å². The second-order valence-corrected chi connectivity index (χ2v) is 6.47. The van der Waals surface area contributed by atoms with E-state index in [0.29, 0.717) is 38.4 Å². The third-order valence-corrected chi connectivity index (χ3v) is 4.95. The average molecular weight is 343 g/mol. The van der Waals surface area contributed by atoms with Gasteiger partial charge in [-0.25, -0.2) is 4.98 Å². The normalized spacial score (nSPS) is 24.9. The molecule has 1 spiro atoms. The Morgan fingerprint density at radius 3 is 2.67 bits per heavy atom. The van der Waals surface area contributed by atoms with E-state index < -0.39 is 17.2 Å². The minimum absolute atomic E-state index is 0.0391. The molecule has 0 saturated carbocycles. The molecule has 2 aliphatic heterocycles. The molecule has 3 rings (SSSR count). The van der Waals surface area contributed by atoms with Gasteiger partial charge in [-0.2, -0.15) is 13.2 Å². The fourth-order valence-electron chi connectivity index (χ4n) is 3.67. The van der Waals surface area contributed by atoms with Crippen LogP contribution in [-0.4, -0.2) is 53.7 Å². The summed E-state index contributed by atoms with van der Waals surface area (Å²) in [6, 6.07) is 2.38. The Balaban J connectivity index is 1.74. The second kappa shape index (κ2) is 6.23. The lowest BCUT2D eigenvalue weighted by molar-refractivity contribution is -0.145. The summed E-state index contributed by atoms with van der Waals surface area (Å²) in [7, 11) is 0. The van der Waals surface area contributed by atoms with Crippen LogP contribution in [0, 0.1) is 5.41 Å². The first-order valence-electron chi connectivity index (χ1n) is 8.04. The number of carbonyl (C=O) groups excluding carboxylic acids is 1. The van der Waals surface area contributed by atoms with E-state index in [2.05, 4.69) is 4.98 Å². The topological polar surface area (TPSA) is 56.7 Å². The molecular weight excluding hydrogens is 323 g/mol. The zero-order valence-corrected chi connectivity index (χ0v) is 13.2. The lowest BCUT2D eigenvalue weighted by Gasteiger charge is -2.39. The summed E-state index contributed by atoms with van der Waals surface area (Å²) in [4.78, 5) is 20.2. The second-order valence-electron chi connectivity index (χ2n) is 6.47. The predicted octanol–water partition coefficient (Wildman–Crippen LogP) is 1.91. The van der Waals surface area contributed by atoms with Crippen molar-refractivity contribution in [1.82, 2.24) is 9.88 Å². The molecule has 3 heterocycles. The number of hydrogen-bond donors (Lipinski definition) is 1. The van der Waals surface area contributed by atoms with Gasteiger partial charge in [0, 0.05) is 32.4 Å². The summed E-state index contributed by atoms with van der Waals surface area (Å²) in [5, 5.41) is 9.08. The number of nitrogens with zero attached hydrogens (tertiary/aromatic N) is 3. The number of rotatable bonds is 3. The quantitative estimate of drug-likeness (QED) is 0.911. The number of aliphatic hydroxyl groups is 1. The van der Waals surface area contributed by atoms with Crippen LogP contribution >= 0.6 is 0 Å². The van der Waals surface area contributed by atoms with Crippen molar-refractivity contribution in [3.05, 3.63) is 23.9 Å². The molecule has 1 atom stereocenters. The summed E-state index contributed by atoms with van der Waals surface area (Å²) in [5.74, 6) is 0.504. The summed E-state index contributed by atoms with van der Waals surface area (Å²) in [6.07, 6.45) is -1.26. The molecule has 0 aromatic carbocycles. The van der Waals surface area contributed by atoms with E-state index in [1.807, 2.05) is 4.90 Å². The van der Waals surface area contributed by atoms with Crippen LogP contribution in [0.3, 0.4) is 0 Å². The average Bonchev–Trinajstić information content (AvgIpc) is 2.97. The number of halogens is 3. The Morgan fingerprint density at radius 2 is 2.04 bits per heavy atom. The zero-order chi connectivity index (χ0) is 17.4. The number of aromatic nitrogens is 1. The maximum Gasteiger partial charge on any atom is 0.417 e. The number of piperidine rings is 1. The minimum atomic E-state index is -4.40. The molecular formula is C16H20F3N3O2. The molecule has 2 aliphatic rings. The van der Waals surface area contributed by atoms with E-state index in [-0.39, 0.29) is 12.5 Å². The molecule has 1 aromatic heterocycles. The van der Waals surface area contributed by atoms with Gasteiger partial charge in [0.1, 0.15) is 5.82 Å². The monoisotopic (exact) mass is 343 g/mol. The maximum absolute atomic E-state index is 12.7. The Bertz CT molecular complexity index is 604. The number of likely N-dealkylation sites (tertiary alicyclic amines) is 1. The lowest BCUT2D eigenvalue weighted by Crippen LogP contribution is -2.50. The van der Waals surface area contributed by atoms with Crippen LogP contribution in [0.15, 0.2) is 18.3 Å². The summed E-state index contributed by atoms with van der Waals surface area (Å²) in [6.45, 7) is 1.98. The smallest absolute Gasteiger partial charge is 0.395 e. The predicted molar refractivity (Wildman–Crippen MR) is 81.4 cm³/mol. The van der Waals surface area contributed by atoms with Crippen molar-refractivity contribution in [2.45, 2.75) is 25.4 Å². The SMILES string of the molecule is O=C1N(CCO)CCC[C@@]12CCN(c1ccc(C(F)(F)F)cn1)C2. The molecule has 0 radical (unpaired) electrons. The van der Waals surface area contributed by atoms with Gasteiger partial charge in [0.2, 0.25) is 5.91 Å². The van der Waals surface area contributed by atoms with E-state index in [9.17, 15) is 18.0 Å². The zero-order valence-electron chi connectivity index (χ0n) is 13.2. The molecule has 132 valence electrons. The van der Waals surface area contributed by atoms with Crippen LogP contribution < -0.4 is 4.90 Å². The number of pyridine rings is 1. The lowest BCUT2D eigenvalue weighted by atomic mass is 9.78. The minimum Gasteiger partial charge on any atom is -0.395 e. The Hall–Kier alpha value is -1.83. The first-order chi connectivity index (χ1) is 11.4. The molecule has 2 fully saturated rings. The van der Waals surface area contributed by atoms with Crippen LogP contribution in [0.5, 0.6) is 0 Å². The van der Waals surface area contributed by atoms with Crippen molar-refractivity contribution in [3.8, 4) is 0 Å². The van der Waals surface area contributed by atoms with Gasteiger partial charge >= 0.3 is 6.18 Å². The van der Waals surface area contributed by atoms with E-state index in [0.717, 1.165) is 25.1 Å². The van der Waals surface area contributed by atoms with Crippen molar-refractivity contribution in [3.63, 3.8) is 0 Å². The van der Waals surface area contributed by atoms with Crippen molar-refractivity contribution in [2.24, 2.45) is 5.41 Å². The van der Waals surface area contributed by atoms with Crippen LogP contribution in [-0.2, 0) is 11.0 Å². The number of alkyl halides is 3. The number of β-amino-alcohol motifs (C(OH)–C–C–N with tert-alkyl or cyclic N) is 1. The highest BCUT2D eigenvalue weighted by atomic mass is 19.4. The van der Waals surface area contributed by atoms with Gasteiger partial charge in [0.05, 0.1) is 17.6 Å². The van der Waals surface area contributed by atoms with Crippen molar-refractivity contribution in [2.75, 3.05) is 37.7 Å².